The Morgan fingerprint density at radius 3 is 2.50 bits per heavy atom. The van der Waals surface area contributed by atoms with E-state index in [9.17, 15) is 0 Å². The lowest BCUT2D eigenvalue weighted by molar-refractivity contribution is 0.937. The molecule has 0 saturated heterocycles. The van der Waals surface area contributed by atoms with Crippen LogP contribution in [-0.2, 0) is 0 Å². The van der Waals surface area contributed by atoms with Crippen LogP contribution in [0.2, 0.25) is 0 Å². The molecule has 0 bridgehead atoms. The minimum atomic E-state index is 0.485. The van der Waals surface area contributed by atoms with Crippen molar-refractivity contribution in [3.63, 3.8) is 0 Å². The van der Waals surface area contributed by atoms with E-state index < -0.39 is 0 Å². The van der Waals surface area contributed by atoms with Crippen LogP contribution < -0.4 is 11.6 Å². The molecule has 1 aromatic heterocycles. The molecule has 0 aliphatic heterocycles. The van der Waals surface area contributed by atoms with E-state index in [1.165, 1.54) is 4.68 Å². The molecular formula is C11H13BrN4. The molecule has 0 saturated carbocycles. The van der Waals surface area contributed by atoms with Crippen LogP contribution in [0.25, 0.3) is 11.3 Å². The SMILES string of the molecule is Cc1cc(-c2nc(C)n(N)c2N)ccc1Br. The van der Waals surface area contributed by atoms with Crippen LogP contribution in [0.4, 0.5) is 5.82 Å². The first kappa shape index (κ1) is 11.0. The van der Waals surface area contributed by atoms with Crippen molar-refractivity contribution in [1.29, 1.82) is 0 Å². The lowest BCUT2D eigenvalue weighted by Crippen LogP contribution is -2.13. The van der Waals surface area contributed by atoms with Crippen LogP contribution in [0.15, 0.2) is 22.7 Å². The molecule has 84 valence electrons. The fourth-order valence-corrected chi connectivity index (χ4v) is 1.81. The number of nitrogens with zero attached hydrogens (tertiary/aromatic N) is 2. The highest BCUT2D eigenvalue weighted by atomic mass is 79.9. The Morgan fingerprint density at radius 2 is 2.00 bits per heavy atom. The summed E-state index contributed by atoms with van der Waals surface area (Å²) in [7, 11) is 0. The summed E-state index contributed by atoms with van der Waals surface area (Å²) >= 11 is 3.46. The molecule has 1 aromatic carbocycles. The highest BCUT2D eigenvalue weighted by Crippen LogP contribution is 2.28. The van der Waals surface area contributed by atoms with Gasteiger partial charge in [0.25, 0.3) is 0 Å². The summed E-state index contributed by atoms with van der Waals surface area (Å²) in [4.78, 5) is 4.35. The maximum Gasteiger partial charge on any atom is 0.150 e. The number of anilines is 1. The number of nitrogen functional groups attached to an aromatic ring is 2. The van der Waals surface area contributed by atoms with Gasteiger partial charge in [0.2, 0.25) is 0 Å². The first-order valence-electron chi connectivity index (χ1n) is 4.87. The monoisotopic (exact) mass is 280 g/mol. The number of aromatic nitrogens is 2. The van der Waals surface area contributed by atoms with Gasteiger partial charge in [-0.2, -0.15) is 0 Å². The fraction of sp³-hybridized carbons (Fsp3) is 0.182. The number of hydrogen-bond acceptors (Lipinski definition) is 3. The predicted octanol–water partition coefficient (Wildman–Crippen LogP) is 2.23. The van der Waals surface area contributed by atoms with Gasteiger partial charge in [-0.15, -0.1) is 0 Å². The second-order valence-corrected chi connectivity index (χ2v) is 4.58. The van der Waals surface area contributed by atoms with E-state index in [1.807, 2.05) is 32.0 Å². The van der Waals surface area contributed by atoms with Crippen molar-refractivity contribution in [2.24, 2.45) is 0 Å². The van der Waals surface area contributed by atoms with Crippen molar-refractivity contribution in [1.82, 2.24) is 9.66 Å². The summed E-state index contributed by atoms with van der Waals surface area (Å²) in [5.74, 6) is 6.92. The minimum absolute atomic E-state index is 0.485. The Labute approximate surface area is 102 Å². The first-order chi connectivity index (χ1) is 7.50. The van der Waals surface area contributed by atoms with Crippen molar-refractivity contribution in [3.05, 3.63) is 34.1 Å². The zero-order valence-electron chi connectivity index (χ0n) is 9.16. The Hall–Kier alpha value is -1.49. The quantitative estimate of drug-likeness (QED) is 0.787. The molecule has 1 heterocycles. The van der Waals surface area contributed by atoms with Crippen LogP contribution in [0.5, 0.6) is 0 Å². The zero-order chi connectivity index (χ0) is 11.9. The van der Waals surface area contributed by atoms with Crippen LogP contribution in [0, 0.1) is 13.8 Å². The van der Waals surface area contributed by atoms with E-state index >= 15 is 0 Å². The Bertz CT molecular complexity index is 545. The molecule has 2 rings (SSSR count). The molecule has 0 radical (unpaired) electrons. The van der Waals surface area contributed by atoms with Gasteiger partial charge >= 0.3 is 0 Å². The number of rotatable bonds is 1. The van der Waals surface area contributed by atoms with E-state index in [-0.39, 0.29) is 0 Å². The lowest BCUT2D eigenvalue weighted by Gasteiger charge is -2.03. The second kappa shape index (κ2) is 3.83. The van der Waals surface area contributed by atoms with Crippen molar-refractivity contribution >= 4 is 21.7 Å². The van der Waals surface area contributed by atoms with Gasteiger partial charge in [0.05, 0.1) is 0 Å². The van der Waals surface area contributed by atoms with Crippen molar-refractivity contribution in [3.8, 4) is 11.3 Å². The van der Waals surface area contributed by atoms with Gasteiger partial charge in [0.15, 0.2) is 5.82 Å². The third-order valence-corrected chi connectivity index (χ3v) is 3.45. The van der Waals surface area contributed by atoms with Gasteiger partial charge in [-0.1, -0.05) is 22.0 Å². The molecule has 4 N–H and O–H groups in total. The van der Waals surface area contributed by atoms with Gasteiger partial charge in [0.1, 0.15) is 11.5 Å². The molecule has 0 unspecified atom stereocenters. The van der Waals surface area contributed by atoms with E-state index in [4.69, 9.17) is 11.6 Å². The molecule has 0 amide bonds. The molecule has 0 aliphatic carbocycles. The normalized spacial score (nSPS) is 10.7. The number of hydrogen-bond donors (Lipinski definition) is 2. The van der Waals surface area contributed by atoms with Crippen molar-refractivity contribution < 1.29 is 0 Å². The molecule has 0 spiro atoms. The van der Waals surface area contributed by atoms with Gasteiger partial charge in [-0.05, 0) is 31.5 Å². The Morgan fingerprint density at radius 1 is 1.31 bits per heavy atom. The van der Waals surface area contributed by atoms with Crippen molar-refractivity contribution in [2.75, 3.05) is 11.6 Å². The number of imidazole rings is 1. The minimum Gasteiger partial charge on any atom is -0.382 e. The molecular weight excluding hydrogens is 268 g/mol. The van der Waals surface area contributed by atoms with E-state index in [0.717, 1.165) is 21.3 Å². The highest BCUT2D eigenvalue weighted by molar-refractivity contribution is 9.10. The van der Waals surface area contributed by atoms with E-state index in [1.54, 1.807) is 0 Å². The van der Waals surface area contributed by atoms with Crippen molar-refractivity contribution in [2.45, 2.75) is 13.8 Å². The second-order valence-electron chi connectivity index (χ2n) is 3.73. The molecule has 16 heavy (non-hydrogen) atoms. The van der Waals surface area contributed by atoms with Gasteiger partial charge in [-0.25, -0.2) is 9.66 Å². The zero-order valence-corrected chi connectivity index (χ0v) is 10.7. The Balaban J connectivity index is 2.59. The summed E-state index contributed by atoms with van der Waals surface area (Å²) in [6.45, 7) is 3.85. The smallest absolute Gasteiger partial charge is 0.150 e. The summed E-state index contributed by atoms with van der Waals surface area (Å²) in [5.41, 5.74) is 8.74. The molecule has 0 atom stereocenters. The number of nitrogens with two attached hydrogens (primary N) is 2. The summed E-state index contributed by atoms with van der Waals surface area (Å²) in [5, 5.41) is 0. The average molecular weight is 281 g/mol. The van der Waals surface area contributed by atoms with Gasteiger partial charge in [0, 0.05) is 10.0 Å². The lowest BCUT2D eigenvalue weighted by atomic mass is 10.1. The third-order valence-electron chi connectivity index (χ3n) is 2.56. The van der Waals surface area contributed by atoms with E-state index in [2.05, 4.69) is 20.9 Å². The molecule has 4 nitrogen and oxygen atoms in total. The summed E-state index contributed by atoms with van der Waals surface area (Å²) in [6, 6.07) is 5.98. The van der Waals surface area contributed by atoms with Gasteiger partial charge in [-0.3, -0.25) is 0 Å². The first-order valence-corrected chi connectivity index (χ1v) is 5.66. The average Bonchev–Trinajstić information content (AvgIpc) is 2.50. The number of aryl methyl sites for hydroxylation is 2. The molecule has 2 aromatic rings. The third kappa shape index (κ3) is 1.67. The molecule has 0 aliphatic rings. The largest absolute Gasteiger partial charge is 0.382 e. The summed E-state index contributed by atoms with van der Waals surface area (Å²) < 4.78 is 2.46. The van der Waals surface area contributed by atoms with Crippen LogP contribution in [-0.4, -0.2) is 9.66 Å². The van der Waals surface area contributed by atoms with Gasteiger partial charge < -0.3 is 11.6 Å². The van der Waals surface area contributed by atoms with Crippen LogP contribution in [0.3, 0.4) is 0 Å². The standard InChI is InChI=1S/C11H13BrN4/c1-6-5-8(3-4-9(6)12)10-11(13)16(14)7(2)15-10/h3-5H,13-14H2,1-2H3. The predicted molar refractivity (Wildman–Crippen MR) is 69.4 cm³/mol. The Kier molecular flexibility index (Phi) is 2.63. The van der Waals surface area contributed by atoms with Crippen LogP contribution in [0.1, 0.15) is 11.4 Å². The topological polar surface area (TPSA) is 69.9 Å². The molecule has 0 fully saturated rings. The van der Waals surface area contributed by atoms with E-state index in [0.29, 0.717) is 11.6 Å². The highest BCUT2D eigenvalue weighted by Gasteiger charge is 2.12. The van der Waals surface area contributed by atoms with Crippen LogP contribution >= 0.6 is 15.9 Å². The molecule has 5 heteroatoms. The summed E-state index contributed by atoms with van der Waals surface area (Å²) in [6.07, 6.45) is 0. The maximum atomic E-state index is 5.89. The number of benzene rings is 1. The number of halogens is 1. The fourth-order valence-electron chi connectivity index (χ4n) is 1.57. The maximum absolute atomic E-state index is 5.89.